The number of halogens is 2. The minimum Gasteiger partial charge on any atom is -0.321 e. The van der Waals surface area contributed by atoms with Gasteiger partial charge < -0.3 is 5.32 Å². The van der Waals surface area contributed by atoms with E-state index in [1.54, 1.807) is 37.3 Å². The number of aromatic nitrogens is 2. The highest BCUT2D eigenvalue weighted by Gasteiger charge is 2.20. The number of thiophene rings is 1. The molecule has 0 aliphatic carbocycles. The molecule has 0 aliphatic heterocycles. The number of aryl methyl sites for hydroxylation is 1. The smallest absolute Gasteiger partial charge is 0.266 e. The number of rotatable bonds is 4. The maximum atomic E-state index is 13.1. The number of benzene rings is 2. The van der Waals surface area contributed by atoms with Gasteiger partial charge in [-0.05, 0) is 36.8 Å². The molecule has 0 bridgehead atoms. The van der Waals surface area contributed by atoms with Gasteiger partial charge in [0.1, 0.15) is 4.83 Å². The highest BCUT2D eigenvalue weighted by molar-refractivity contribution is 7.20. The van der Waals surface area contributed by atoms with Crippen molar-refractivity contribution in [3.63, 3.8) is 0 Å². The highest BCUT2D eigenvalue weighted by Crippen LogP contribution is 2.29. The molecule has 29 heavy (non-hydrogen) atoms. The van der Waals surface area contributed by atoms with E-state index in [2.05, 4.69) is 10.3 Å². The molecule has 1 N–H and O–H groups in total. The number of nitrogens with zero attached hydrogens (tertiary/aromatic N) is 2. The van der Waals surface area contributed by atoms with Gasteiger partial charge in [-0.15, -0.1) is 11.3 Å². The second-order valence-electron chi connectivity index (χ2n) is 6.43. The quantitative estimate of drug-likeness (QED) is 0.460. The summed E-state index contributed by atoms with van der Waals surface area (Å²) < 4.78 is 1.45. The lowest BCUT2D eigenvalue weighted by molar-refractivity contribution is 0.103. The minimum atomic E-state index is -0.267. The fraction of sp³-hybridized carbons (Fsp3) is 0.0952. The van der Waals surface area contributed by atoms with Crippen LogP contribution >= 0.6 is 34.5 Å². The maximum absolute atomic E-state index is 13.1. The Morgan fingerprint density at radius 1 is 1.10 bits per heavy atom. The van der Waals surface area contributed by atoms with E-state index in [1.165, 1.54) is 22.2 Å². The van der Waals surface area contributed by atoms with E-state index in [0.717, 1.165) is 0 Å². The zero-order valence-corrected chi connectivity index (χ0v) is 17.6. The van der Waals surface area contributed by atoms with Crippen molar-refractivity contribution in [1.82, 2.24) is 9.55 Å². The lowest BCUT2D eigenvalue weighted by Crippen LogP contribution is -2.21. The summed E-state index contributed by atoms with van der Waals surface area (Å²) in [7, 11) is 0. The number of anilines is 1. The maximum Gasteiger partial charge on any atom is 0.266 e. The molecule has 8 heteroatoms. The molecule has 0 atom stereocenters. The number of hydrogen-bond donors (Lipinski definition) is 1. The van der Waals surface area contributed by atoms with Gasteiger partial charge in [-0.1, -0.05) is 47.5 Å². The van der Waals surface area contributed by atoms with Crippen molar-refractivity contribution >= 4 is 56.3 Å². The Hall–Kier alpha value is -2.67. The van der Waals surface area contributed by atoms with Crippen LogP contribution in [0.3, 0.4) is 0 Å². The molecule has 0 fully saturated rings. The zero-order valence-electron chi connectivity index (χ0n) is 15.3. The van der Waals surface area contributed by atoms with Crippen LogP contribution in [-0.4, -0.2) is 15.5 Å². The number of fused-ring (bicyclic) bond motifs is 1. The summed E-state index contributed by atoms with van der Waals surface area (Å²) in [6.07, 6.45) is 1.46. The second-order valence-corrected chi connectivity index (χ2v) is 8.25. The third-order valence-corrected chi connectivity index (χ3v) is 6.45. The average molecular weight is 444 g/mol. The largest absolute Gasteiger partial charge is 0.321 e. The predicted molar refractivity (Wildman–Crippen MR) is 119 cm³/mol. The first kappa shape index (κ1) is 19.6. The van der Waals surface area contributed by atoms with Crippen LogP contribution in [0.5, 0.6) is 0 Å². The molecule has 1 amide bonds. The molecule has 4 rings (SSSR count). The summed E-state index contributed by atoms with van der Waals surface area (Å²) >= 11 is 13.7. The number of amides is 1. The molecule has 146 valence electrons. The summed E-state index contributed by atoms with van der Waals surface area (Å²) in [5, 5.41) is 4.24. The average Bonchev–Trinajstić information content (AvgIpc) is 3.04. The zero-order chi connectivity index (χ0) is 20.5. The van der Waals surface area contributed by atoms with Crippen molar-refractivity contribution in [3.05, 3.63) is 91.3 Å². The van der Waals surface area contributed by atoms with Crippen LogP contribution in [-0.2, 0) is 6.54 Å². The van der Waals surface area contributed by atoms with E-state index < -0.39 is 0 Å². The summed E-state index contributed by atoms with van der Waals surface area (Å²) in [5.74, 6) is -0.267. The van der Waals surface area contributed by atoms with Gasteiger partial charge in [-0.2, -0.15) is 0 Å². The Morgan fingerprint density at radius 3 is 2.48 bits per heavy atom. The SMILES string of the molecule is Cc1c(C(=O)Nc2ccccc2)sc2ncn(Cc3c(Cl)cccc3Cl)c(=O)c12. The number of para-hydroxylation sites is 1. The Morgan fingerprint density at radius 2 is 1.79 bits per heavy atom. The van der Waals surface area contributed by atoms with Gasteiger partial charge in [0.15, 0.2) is 0 Å². The molecule has 0 unspecified atom stereocenters. The molecule has 5 nitrogen and oxygen atoms in total. The van der Waals surface area contributed by atoms with Gasteiger partial charge in [0.05, 0.1) is 23.1 Å². The van der Waals surface area contributed by atoms with E-state index in [9.17, 15) is 9.59 Å². The normalized spacial score (nSPS) is 11.0. The summed E-state index contributed by atoms with van der Waals surface area (Å²) in [5.41, 5.74) is 1.70. The Balaban J connectivity index is 1.73. The third kappa shape index (κ3) is 3.79. The first-order valence-corrected chi connectivity index (χ1v) is 10.3. The van der Waals surface area contributed by atoms with Crippen LogP contribution in [0.2, 0.25) is 10.0 Å². The van der Waals surface area contributed by atoms with Crippen LogP contribution in [0, 0.1) is 6.92 Å². The standard InChI is InChI=1S/C21H15Cl2N3O2S/c1-12-17-20(29-18(12)19(27)25-13-6-3-2-4-7-13)24-11-26(21(17)28)10-14-15(22)8-5-9-16(14)23/h2-9,11H,10H2,1H3,(H,25,27). The molecule has 0 saturated carbocycles. The Labute approximate surface area is 180 Å². The van der Waals surface area contributed by atoms with Crippen molar-refractivity contribution in [2.75, 3.05) is 5.32 Å². The first-order valence-electron chi connectivity index (χ1n) is 8.73. The van der Waals surface area contributed by atoms with E-state index in [1.807, 2.05) is 18.2 Å². The Kier molecular flexibility index (Phi) is 5.41. The van der Waals surface area contributed by atoms with E-state index in [4.69, 9.17) is 23.2 Å². The first-order chi connectivity index (χ1) is 14.0. The molecule has 0 saturated heterocycles. The number of carbonyl (C=O) groups is 1. The van der Waals surface area contributed by atoms with Gasteiger partial charge in [0.2, 0.25) is 0 Å². The van der Waals surface area contributed by atoms with Crippen LogP contribution in [0.1, 0.15) is 20.8 Å². The molecule has 4 aromatic rings. The number of carbonyl (C=O) groups excluding carboxylic acids is 1. The lowest BCUT2D eigenvalue weighted by Gasteiger charge is -2.09. The van der Waals surface area contributed by atoms with E-state index >= 15 is 0 Å². The topological polar surface area (TPSA) is 64.0 Å². The fourth-order valence-electron chi connectivity index (χ4n) is 3.05. The molecule has 0 spiro atoms. The summed E-state index contributed by atoms with van der Waals surface area (Å²) in [6, 6.07) is 14.4. The second kappa shape index (κ2) is 7.99. The van der Waals surface area contributed by atoms with Crippen molar-refractivity contribution in [2.24, 2.45) is 0 Å². The summed E-state index contributed by atoms with van der Waals surface area (Å²) in [6.45, 7) is 1.95. The van der Waals surface area contributed by atoms with Gasteiger partial charge in [0, 0.05) is 21.3 Å². The van der Waals surface area contributed by atoms with Crippen LogP contribution < -0.4 is 10.9 Å². The monoisotopic (exact) mass is 443 g/mol. The van der Waals surface area contributed by atoms with Crippen LogP contribution in [0.4, 0.5) is 5.69 Å². The van der Waals surface area contributed by atoms with Gasteiger partial charge in [-0.25, -0.2) is 4.98 Å². The molecule has 2 aromatic heterocycles. The van der Waals surface area contributed by atoms with Crippen molar-refractivity contribution in [2.45, 2.75) is 13.5 Å². The molecular formula is C21H15Cl2N3O2S. The van der Waals surface area contributed by atoms with Gasteiger partial charge >= 0.3 is 0 Å². The molecule has 0 radical (unpaired) electrons. The van der Waals surface area contributed by atoms with Gasteiger partial charge in [-0.3, -0.25) is 14.2 Å². The Bertz CT molecular complexity index is 1260. The van der Waals surface area contributed by atoms with Crippen LogP contribution in [0.15, 0.2) is 59.7 Å². The lowest BCUT2D eigenvalue weighted by atomic mass is 10.2. The number of hydrogen-bond acceptors (Lipinski definition) is 4. The van der Waals surface area contributed by atoms with Crippen LogP contribution in [0.25, 0.3) is 10.2 Å². The number of nitrogens with one attached hydrogen (secondary N) is 1. The minimum absolute atomic E-state index is 0.196. The fourth-order valence-corrected chi connectivity index (χ4v) is 4.60. The van der Waals surface area contributed by atoms with Gasteiger partial charge in [0.25, 0.3) is 11.5 Å². The molecule has 2 aromatic carbocycles. The summed E-state index contributed by atoms with van der Waals surface area (Å²) in [4.78, 5) is 31.2. The predicted octanol–water partition coefficient (Wildman–Crippen LogP) is 5.37. The van der Waals surface area contributed by atoms with E-state index in [-0.39, 0.29) is 18.0 Å². The molecular weight excluding hydrogens is 429 g/mol. The molecule has 0 aliphatic rings. The van der Waals surface area contributed by atoms with Crippen molar-refractivity contribution in [1.29, 1.82) is 0 Å². The van der Waals surface area contributed by atoms with Crippen molar-refractivity contribution < 1.29 is 4.79 Å². The van der Waals surface area contributed by atoms with Crippen molar-refractivity contribution in [3.8, 4) is 0 Å². The molecule has 2 heterocycles. The third-order valence-electron chi connectivity index (χ3n) is 4.55. The van der Waals surface area contributed by atoms with E-state index in [0.29, 0.717) is 42.0 Å². The highest BCUT2D eigenvalue weighted by atomic mass is 35.5.